The second-order valence-corrected chi connectivity index (χ2v) is 11.0. The van der Waals surface area contributed by atoms with Gasteiger partial charge in [0.1, 0.15) is 11.5 Å². The van der Waals surface area contributed by atoms with Gasteiger partial charge in [0.15, 0.2) is 0 Å². The number of aromatic nitrogens is 2. The predicted octanol–water partition coefficient (Wildman–Crippen LogP) is 5.09. The molecule has 1 saturated heterocycles. The number of amides is 2. The van der Waals surface area contributed by atoms with Crippen LogP contribution in [0.1, 0.15) is 44.4 Å². The Morgan fingerprint density at radius 1 is 1.14 bits per heavy atom. The fraction of sp³-hybridized carbons (Fsp3) is 0.321. The molecule has 1 saturated carbocycles. The lowest BCUT2D eigenvalue weighted by Crippen LogP contribution is -2.45. The number of likely N-dealkylation sites (tertiary alicyclic amines) is 1. The number of hydrogen-bond acceptors (Lipinski definition) is 4. The van der Waals surface area contributed by atoms with E-state index in [-0.39, 0.29) is 29.7 Å². The maximum Gasteiger partial charge on any atom is 0.274 e. The van der Waals surface area contributed by atoms with E-state index in [9.17, 15) is 14.0 Å². The number of carbonyl (C=O) groups excluding carboxylic acids is 2. The number of halogens is 1. The average molecular weight is 503 g/mol. The van der Waals surface area contributed by atoms with Crippen LogP contribution in [0.3, 0.4) is 0 Å². The Morgan fingerprint density at radius 3 is 2.75 bits per heavy atom. The fourth-order valence-corrected chi connectivity index (χ4v) is 6.59. The molecule has 0 bridgehead atoms. The molecule has 1 N–H and O–H groups in total. The Bertz CT molecular complexity index is 1520. The maximum atomic E-state index is 13.9. The highest BCUT2D eigenvalue weighted by Gasteiger charge is 2.54. The van der Waals surface area contributed by atoms with Crippen molar-refractivity contribution in [2.45, 2.75) is 38.8 Å². The average Bonchev–Trinajstić information content (AvgIpc) is 3.23. The molecule has 2 unspecified atom stereocenters. The summed E-state index contributed by atoms with van der Waals surface area (Å²) < 4.78 is 15.9. The van der Waals surface area contributed by atoms with E-state index >= 15 is 0 Å². The third-order valence-corrected chi connectivity index (χ3v) is 8.61. The Morgan fingerprint density at radius 2 is 1.94 bits per heavy atom. The molecule has 0 radical (unpaired) electrons. The SMILES string of the molecule is Cc1nc(C(=O)N2C3CC3C[C@H]2CNC(=O)c2c(C)n(C)c3ccccc23)c(-c2cccc(F)c2)s1. The van der Waals surface area contributed by atoms with Crippen LogP contribution in [0.2, 0.25) is 0 Å². The van der Waals surface area contributed by atoms with Crippen molar-refractivity contribution in [1.82, 2.24) is 19.8 Å². The molecule has 6 nitrogen and oxygen atoms in total. The van der Waals surface area contributed by atoms with Crippen LogP contribution < -0.4 is 5.32 Å². The van der Waals surface area contributed by atoms with Gasteiger partial charge < -0.3 is 14.8 Å². The summed E-state index contributed by atoms with van der Waals surface area (Å²) in [5.41, 5.74) is 3.64. The summed E-state index contributed by atoms with van der Waals surface area (Å²) in [6, 6.07) is 14.3. The lowest BCUT2D eigenvalue weighted by Gasteiger charge is -2.27. The number of carbonyl (C=O) groups is 2. The van der Waals surface area contributed by atoms with E-state index in [0.717, 1.165) is 34.4 Å². The third-order valence-electron chi connectivity index (χ3n) is 7.59. The van der Waals surface area contributed by atoms with Crippen LogP contribution in [0.25, 0.3) is 21.3 Å². The van der Waals surface area contributed by atoms with Gasteiger partial charge in [-0.2, -0.15) is 0 Å². The number of rotatable bonds is 5. The van der Waals surface area contributed by atoms with Crippen molar-refractivity contribution >= 4 is 34.1 Å². The van der Waals surface area contributed by atoms with Crippen molar-refractivity contribution in [1.29, 1.82) is 0 Å². The van der Waals surface area contributed by atoms with E-state index < -0.39 is 0 Å². The van der Waals surface area contributed by atoms with E-state index in [1.807, 2.05) is 54.6 Å². The van der Waals surface area contributed by atoms with Crippen molar-refractivity contribution in [3.63, 3.8) is 0 Å². The van der Waals surface area contributed by atoms with Gasteiger partial charge in [-0.25, -0.2) is 9.37 Å². The topological polar surface area (TPSA) is 67.2 Å². The van der Waals surface area contributed by atoms with E-state index in [1.54, 1.807) is 12.1 Å². The number of fused-ring (bicyclic) bond motifs is 2. The molecule has 8 heteroatoms. The van der Waals surface area contributed by atoms with Gasteiger partial charge in [-0.15, -0.1) is 11.3 Å². The predicted molar refractivity (Wildman–Crippen MR) is 139 cm³/mol. The first-order valence-electron chi connectivity index (χ1n) is 12.2. The minimum absolute atomic E-state index is 0.0946. The molecule has 2 fully saturated rings. The number of nitrogens with one attached hydrogen (secondary N) is 1. The summed E-state index contributed by atoms with van der Waals surface area (Å²) in [7, 11) is 1.96. The van der Waals surface area contributed by atoms with Crippen molar-refractivity contribution in [3.8, 4) is 10.4 Å². The number of piperidine rings is 1. The van der Waals surface area contributed by atoms with Gasteiger partial charge in [-0.1, -0.05) is 30.3 Å². The monoisotopic (exact) mass is 502 g/mol. The zero-order chi connectivity index (χ0) is 25.1. The number of aryl methyl sites for hydroxylation is 2. The van der Waals surface area contributed by atoms with Crippen molar-refractivity contribution in [2.75, 3.05) is 6.54 Å². The van der Waals surface area contributed by atoms with Crippen molar-refractivity contribution in [2.24, 2.45) is 13.0 Å². The Kier molecular flexibility index (Phi) is 5.44. The second-order valence-electron chi connectivity index (χ2n) is 9.83. The number of nitrogens with zero attached hydrogens (tertiary/aromatic N) is 3. The number of para-hydroxylation sites is 1. The molecule has 2 aliphatic rings. The summed E-state index contributed by atoms with van der Waals surface area (Å²) >= 11 is 1.40. The quantitative estimate of drug-likeness (QED) is 0.413. The Labute approximate surface area is 212 Å². The van der Waals surface area contributed by atoms with Crippen LogP contribution in [-0.2, 0) is 7.05 Å². The zero-order valence-corrected chi connectivity index (χ0v) is 21.2. The third kappa shape index (κ3) is 3.71. The van der Waals surface area contributed by atoms with Crippen LogP contribution in [0.5, 0.6) is 0 Å². The molecule has 184 valence electrons. The summed E-state index contributed by atoms with van der Waals surface area (Å²) in [5, 5.41) is 4.80. The van der Waals surface area contributed by atoms with Crippen molar-refractivity contribution < 1.29 is 14.0 Å². The number of benzene rings is 2. The molecule has 6 rings (SSSR count). The molecule has 2 amide bonds. The number of thiazole rings is 1. The molecule has 2 aromatic carbocycles. The Hall–Kier alpha value is -3.52. The lowest BCUT2D eigenvalue weighted by atomic mass is 10.1. The molecular weight excluding hydrogens is 475 g/mol. The maximum absolute atomic E-state index is 13.9. The summed E-state index contributed by atoms with van der Waals surface area (Å²) in [5.74, 6) is -0.136. The largest absolute Gasteiger partial charge is 0.350 e. The highest BCUT2D eigenvalue weighted by molar-refractivity contribution is 7.15. The number of hydrogen-bond donors (Lipinski definition) is 1. The molecule has 4 aromatic rings. The van der Waals surface area contributed by atoms with Gasteiger partial charge in [-0.3, -0.25) is 9.59 Å². The zero-order valence-electron chi connectivity index (χ0n) is 20.4. The summed E-state index contributed by atoms with van der Waals surface area (Å²) in [6.45, 7) is 4.20. The highest BCUT2D eigenvalue weighted by atomic mass is 32.1. The standard InChI is InChI=1S/C28H27FN4O2S/c1-15-24(21-9-4-5-10-22(21)32(15)3)27(34)30-14-20-12-18-13-23(18)33(20)28(35)25-26(36-16(2)31-25)17-7-6-8-19(29)11-17/h4-11,18,20,23H,12-14H2,1-3H3,(H,30,34)/t18?,20-,23?/m0/s1. The molecule has 0 spiro atoms. The summed E-state index contributed by atoms with van der Waals surface area (Å²) in [4.78, 5) is 34.2. The molecule has 1 aliphatic heterocycles. The smallest absolute Gasteiger partial charge is 0.274 e. The van der Waals surface area contributed by atoms with E-state index in [2.05, 4.69) is 10.3 Å². The highest BCUT2D eigenvalue weighted by Crippen LogP contribution is 2.49. The van der Waals surface area contributed by atoms with Gasteiger partial charge in [0.25, 0.3) is 11.8 Å². The van der Waals surface area contributed by atoms with Crippen LogP contribution in [0, 0.1) is 25.6 Å². The van der Waals surface area contributed by atoms with Crippen molar-refractivity contribution in [3.05, 3.63) is 76.3 Å². The molecule has 1 aliphatic carbocycles. The molecule has 3 atom stereocenters. The first-order chi connectivity index (χ1) is 17.3. The van der Waals surface area contributed by atoms with Crippen LogP contribution in [-0.4, -0.2) is 44.9 Å². The van der Waals surface area contributed by atoms with E-state index in [0.29, 0.717) is 34.2 Å². The second kappa shape index (κ2) is 8.55. The van der Waals surface area contributed by atoms with Gasteiger partial charge in [-0.05, 0) is 56.4 Å². The molecule has 36 heavy (non-hydrogen) atoms. The van der Waals surface area contributed by atoms with Gasteiger partial charge in [0.05, 0.1) is 21.5 Å². The molecule has 2 aromatic heterocycles. The van der Waals surface area contributed by atoms with Crippen LogP contribution in [0.15, 0.2) is 48.5 Å². The minimum atomic E-state index is -0.343. The lowest BCUT2D eigenvalue weighted by molar-refractivity contribution is 0.0684. The molecular formula is C28H27FN4O2S. The first kappa shape index (κ1) is 22.9. The summed E-state index contributed by atoms with van der Waals surface area (Å²) in [6.07, 6.45) is 1.85. The Balaban J connectivity index is 1.25. The van der Waals surface area contributed by atoms with Gasteiger partial charge in [0.2, 0.25) is 0 Å². The van der Waals surface area contributed by atoms with E-state index in [1.165, 1.54) is 23.5 Å². The van der Waals surface area contributed by atoms with Crippen LogP contribution >= 0.6 is 11.3 Å². The van der Waals surface area contributed by atoms with Crippen LogP contribution in [0.4, 0.5) is 4.39 Å². The first-order valence-corrected chi connectivity index (χ1v) is 13.0. The van der Waals surface area contributed by atoms with Gasteiger partial charge in [0, 0.05) is 36.2 Å². The molecule has 3 heterocycles. The minimum Gasteiger partial charge on any atom is -0.350 e. The normalized spacial score (nSPS) is 20.6. The van der Waals surface area contributed by atoms with E-state index in [4.69, 9.17) is 0 Å². The fourth-order valence-electron chi connectivity index (χ4n) is 5.68. The van der Waals surface area contributed by atoms with Gasteiger partial charge >= 0.3 is 0 Å².